The molecule has 120 valence electrons. The van der Waals surface area contributed by atoms with Crippen molar-refractivity contribution in [2.24, 2.45) is 0 Å². The van der Waals surface area contributed by atoms with Crippen LogP contribution in [-0.4, -0.2) is 61.0 Å². The molecule has 2 aliphatic heterocycles. The van der Waals surface area contributed by atoms with Gasteiger partial charge in [-0.2, -0.15) is 0 Å². The molecule has 2 fully saturated rings. The highest BCUT2D eigenvalue weighted by Gasteiger charge is 2.40. The van der Waals surface area contributed by atoms with Crippen molar-refractivity contribution in [3.8, 4) is 0 Å². The van der Waals surface area contributed by atoms with Crippen LogP contribution in [-0.2, 0) is 4.79 Å². The van der Waals surface area contributed by atoms with Gasteiger partial charge < -0.3 is 5.32 Å². The van der Waals surface area contributed by atoms with E-state index in [9.17, 15) is 4.79 Å². The van der Waals surface area contributed by atoms with E-state index in [0.29, 0.717) is 6.42 Å². The summed E-state index contributed by atoms with van der Waals surface area (Å²) in [4.78, 5) is 16.7. The highest BCUT2D eigenvalue weighted by Crippen LogP contribution is 2.30. The summed E-state index contributed by atoms with van der Waals surface area (Å²) in [6.07, 6.45) is 7.43. The van der Waals surface area contributed by atoms with Crippen LogP contribution in [0.3, 0.4) is 0 Å². The van der Waals surface area contributed by atoms with E-state index in [2.05, 4.69) is 42.1 Å². The maximum absolute atomic E-state index is 11.6. The van der Waals surface area contributed by atoms with E-state index < -0.39 is 0 Å². The Morgan fingerprint density at radius 2 is 2.19 bits per heavy atom. The second-order valence-corrected chi connectivity index (χ2v) is 6.71. The summed E-state index contributed by atoms with van der Waals surface area (Å²) in [5.41, 5.74) is 1.68. The van der Waals surface area contributed by atoms with Crippen LogP contribution in [0.4, 0.5) is 0 Å². The minimum atomic E-state index is 0.195. The highest BCUT2D eigenvalue weighted by molar-refractivity contribution is 5.76. The molecule has 0 bridgehead atoms. The van der Waals surface area contributed by atoms with Crippen LogP contribution in [0.15, 0.2) is 11.6 Å². The van der Waals surface area contributed by atoms with Crippen LogP contribution in [0.5, 0.6) is 0 Å². The van der Waals surface area contributed by atoms with Gasteiger partial charge in [-0.25, -0.2) is 0 Å². The number of carbonyl (C=O) groups is 1. The van der Waals surface area contributed by atoms with E-state index in [-0.39, 0.29) is 11.4 Å². The molecule has 1 atom stereocenters. The summed E-state index contributed by atoms with van der Waals surface area (Å²) in [7, 11) is 2.23. The van der Waals surface area contributed by atoms with Crippen molar-refractivity contribution in [1.29, 1.82) is 0 Å². The average Bonchev–Trinajstić information content (AvgIpc) is 2.66. The molecule has 0 aromatic carbocycles. The van der Waals surface area contributed by atoms with E-state index in [1.165, 1.54) is 5.57 Å². The molecule has 21 heavy (non-hydrogen) atoms. The van der Waals surface area contributed by atoms with Crippen molar-refractivity contribution in [1.82, 2.24) is 15.1 Å². The molecule has 1 amide bonds. The zero-order chi connectivity index (χ0) is 15.3. The van der Waals surface area contributed by atoms with Crippen molar-refractivity contribution in [3.63, 3.8) is 0 Å². The summed E-state index contributed by atoms with van der Waals surface area (Å²) in [6.45, 7) is 9.78. The Kier molecular flexibility index (Phi) is 5.82. The van der Waals surface area contributed by atoms with Gasteiger partial charge in [0.2, 0.25) is 5.91 Å². The quantitative estimate of drug-likeness (QED) is 0.806. The van der Waals surface area contributed by atoms with Gasteiger partial charge in [0.25, 0.3) is 0 Å². The van der Waals surface area contributed by atoms with Gasteiger partial charge in [-0.1, -0.05) is 18.6 Å². The number of likely N-dealkylation sites (N-methyl/N-ethyl adjacent to an activating group) is 1. The molecule has 4 heteroatoms. The van der Waals surface area contributed by atoms with Crippen LogP contribution >= 0.6 is 0 Å². The highest BCUT2D eigenvalue weighted by atomic mass is 16.1. The number of nitrogens with one attached hydrogen (secondary N) is 1. The van der Waals surface area contributed by atoms with Gasteiger partial charge in [0.1, 0.15) is 0 Å². The Labute approximate surface area is 129 Å². The first-order valence-corrected chi connectivity index (χ1v) is 8.42. The van der Waals surface area contributed by atoms with E-state index in [4.69, 9.17) is 0 Å². The van der Waals surface area contributed by atoms with Crippen LogP contribution in [0.25, 0.3) is 0 Å². The third-order valence-electron chi connectivity index (χ3n) is 5.31. The smallest absolute Gasteiger partial charge is 0.220 e. The Bertz CT molecular complexity index is 393. The van der Waals surface area contributed by atoms with Gasteiger partial charge in [-0.15, -0.1) is 0 Å². The number of rotatable bonds is 4. The molecule has 0 radical (unpaired) electrons. The molecule has 1 unspecified atom stereocenters. The number of hydrogen-bond acceptors (Lipinski definition) is 3. The number of piperazine rings is 1. The minimum Gasteiger partial charge on any atom is -0.356 e. The van der Waals surface area contributed by atoms with Gasteiger partial charge in [-0.3, -0.25) is 14.6 Å². The van der Waals surface area contributed by atoms with Crippen LogP contribution in [0.2, 0.25) is 0 Å². The zero-order valence-electron chi connectivity index (χ0n) is 14.0. The minimum absolute atomic E-state index is 0.195. The number of amides is 1. The van der Waals surface area contributed by atoms with Crippen molar-refractivity contribution in [3.05, 3.63) is 11.6 Å². The number of carbonyl (C=O) groups excluding carboxylic acids is 1. The van der Waals surface area contributed by atoms with Crippen molar-refractivity contribution in [2.75, 3.05) is 39.8 Å². The molecule has 2 aliphatic rings. The second-order valence-electron chi connectivity index (χ2n) is 6.71. The van der Waals surface area contributed by atoms with E-state index in [1.54, 1.807) is 0 Å². The molecule has 0 aliphatic carbocycles. The Morgan fingerprint density at radius 1 is 1.38 bits per heavy atom. The largest absolute Gasteiger partial charge is 0.356 e. The first kappa shape index (κ1) is 16.5. The molecular weight excluding hydrogens is 262 g/mol. The molecule has 0 saturated carbocycles. The summed E-state index contributed by atoms with van der Waals surface area (Å²) >= 11 is 0. The molecule has 1 spiro atoms. The lowest BCUT2D eigenvalue weighted by atomic mass is 9.86. The summed E-state index contributed by atoms with van der Waals surface area (Å²) in [6, 6.07) is 0. The topological polar surface area (TPSA) is 35.6 Å². The molecule has 2 saturated heterocycles. The third kappa shape index (κ3) is 4.30. The van der Waals surface area contributed by atoms with E-state index in [0.717, 1.165) is 58.4 Å². The predicted octanol–water partition coefficient (Wildman–Crippen LogP) is 2.02. The second kappa shape index (κ2) is 7.41. The molecular formula is C17H31N3O. The Morgan fingerprint density at radius 3 is 2.95 bits per heavy atom. The van der Waals surface area contributed by atoms with Gasteiger partial charge in [-0.05, 0) is 39.7 Å². The fourth-order valence-electron chi connectivity index (χ4n) is 3.51. The average molecular weight is 293 g/mol. The summed E-state index contributed by atoms with van der Waals surface area (Å²) < 4.78 is 0. The number of allylic oxidation sites excluding steroid dienone is 1. The predicted molar refractivity (Wildman–Crippen MR) is 87.3 cm³/mol. The lowest BCUT2D eigenvalue weighted by Crippen LogP contribution is -2.61. The molecule has 0 aromatic heterocycles. The van der Waals surface area contributed by atoms with Crippen LogP contribution in [0, 0.1) is 0 Å². The first-order chi connectivity index (χ1) is 10.1. The normalized spacial score (nSPS) is 29.5. The standard InChI is InChI=1S/C17H31N3O/c1-4-15(2)6-5-11-20-13-12-19(3)17(14-20)8-7-16(21)18-10-9-17/h6H,4-5,7-14H2,1-3H3,(H,18,21)/b15-6+. The monoisotopic (exact) mass is 293 g/mol. The Hall–Kier alpha value is -0.870. The van der Waals surface area contributed by atoms with Crippen molar-refractivity contribution >= 4 is 5.91 Å². The Balaban J connectivity index is 1.93. The van der Waals surface area contributed by atoms with E-state index in [1.807, 2.05) is 0 Å². The molecule has 4 nitrogen and oxygen atoms in total. The maximum atomic E-state index is 11.6. The van der Waals surface area contributed by atoms with Crippen molar-refractivity contribution in [2.45, 2.75) is 51.5 Å². The van der Waals surface area contributed by atoms with Gasteiger partial charge >= 0.3 is 0 Å². The lowest BCUT2D eigenvalue weighted by Gasteiger charge is -2.49. The zero-order valence-corrected chi connectivity index (χ0v) is 14.0. The van der Waals surface area contributed by atoms with Gasteiger partial charge in [0.15, 0.2) is 0 Å². The number of nitrogens with zero attached hydrogens (tertiary/aromatic N) is 2. The van der Waals surface area contributed by atoms with Crippen molar-refractivity contribution < 1.29 is 4.79 Å². The van der Waals surface area contributed by atoms with Crippen LogP contribution < -0.4 is 5.32 Å². The first-order valence-electron chi connectivity index (χ1n) is 8.42. The molecule has 2 heterocycles. The summed E-state index contributed by atoms with van der Waals surface area (Å²) in [5.74, 6) is 0.221. The maximum Gasteiger partial charge on any atom is 0.220 e. The molecule has 1 N–H and O–H groups in total. The fraction of sp³-hybridized carbons (Fsp3) is 0.824. The molecule has 0 aromatic rings. The molecule has 2 rings (SSSR count). The fourth-order valence-corrected chi connectivity index (χ4v) is 3.51. The lowest BCUT2D eigenvalue weighted by molar-refractivity contribution is -0.121. The van der Waals surface area contributed by atoms with E-state index >= 15 is 0 Å². The third-order valence-corrected chi connectivity index (χ3v) is 5.31. The number of hydrogen-bond donors (Lipinski definition) is 1. The van der Waals surface area contributed by atoms with Gasteiger partial charge in [0, 0.05) is 44.7 Å². The SMILES string of the molecule is CC/C(C)=C/CCN1CCN(C)C2(CCNC(=O)CC2)C1. The van der Waals surface area contributed by atoms with Crippen LogP contribution in [0.1, 0.15) is 46.0 Å². The van der Waals surface area contributed by atoms with Gasteiger partial charge in [0.05, 0.1) is 0 Å². The summed E-state index contributed by atoms with van der Waals surface area (Å²) in [5, 5.41) is 3.02.